The summed E-state index contributed by atoms with van der Waals surface area (Å²) in [5, 5.41) is 0. The summed E-state index contributed by atoms with van der Waals surface area (Å²) in [6, 6.07) is 7.87. The number of methoxy groups -OCH3 is 2. The van der Waals surface area contributed by atoms with Gasteiger partial charge in [0.2, 0.25) is 0 Å². The smallest absolute Gasteiger partial charge is 0.186 e. The van der Waals surface area contributed by atoms with E-state index in [1.165, 1.54) is 0 Å². The molecule has 0 spiro atoms. The first-order valence-corrected chi connectivity index (χ1v) is 7.29. The molecule has 0 saturated carbocycles. The molecule has 2 unspecified atom stereocenters. The highest BCUT2D eigenvalue weighted by Gasteiger charge is 2.61. The van der Waals surface area contributed by atoms with E-state index in [0.29, 0.717) is 13.2 Å². The Bertz CT molecular complexity index is 474. The topological polar surface area (TPSA) is 46.2 Å². The lowest BCUT2D eigenvalue weighted by Crippen LogP contribution is -2.41. The molecule has 2 aliphatic heterocycles. The number of hydrogen-bond donors (Lipinski definition) is 0. The summed E-state index contributed by atoms with van der Waals surface area (Å²) in [6.45, 7) is 3.19. The molecule has 1 aromatic carbocycles. The lowest BCUT2D eigenvalue weighted by molar-refractivity contribution is -0.235. The fraction of sp³-hybridized carbons (Fsp3) is 0.625. The first-order valence-electron chi connectivity index (χ1n) is 7.29. The molecule has 0 N–H and O–H groups in total. The van der Waals surface area contributed by atoms with E-state index < -0.39 is 0 Å². The Morgan fingerprint density at radius 3 is 2.62 bits per heavy atom. The summed E-state index contributed by atoms with van der Waals surface area (Å²) < 4.78 is 28.4. The summed E-state index contributed by atoms with van der Waals surface area (Å²) in [4.78, 5) is 0. The maximum Gasteiger partial charge on any atom is 0.186 e. The third-order valence-corrected chi connectivity index (χ3v) is 4.38. The van der Waals surface area contributed by atoms with Gasteiger partial charge >= 0.3 is 0 Å². The van der Waals surface area contributed by atoms with Gasteiger partial charge in [0.25, 0.3) is 0 Å². The second-order valence-electron chi connectivity index (χ2n) is 5.50. The van der Waals surface area contributed by atoms with Gasteiger partial charge in [0.1, 0.15) is 23.6 Å². The summed E-state index contributed by atoms with van der Waals surface area (Å²) in [6.07, 6.45) is 0.277. The standard InChI is InChI=1S/C16H22O5/c1-4-16-10-20-13(15(18-3)21-16)14(16)19-9-11-5-7-12(17-2)8-6-11/h5-8,13-15H,4,9-10H2,1-3H3/t13?,14-,15?,16+/m1/s1. The van der Waals surface area contributed by atoms with Crippen LogP contribution < -0.4 is 4.74 Å². The molecule has 5 nitrogen and oxygen atoms in total. The molecule has 0 amide bonds. The lowest BCUT2D eigenvalue weighted by Gasteiger charge is -2.29. The molecular weight excluding hydrogens is 272 g/mol. The largest absolute Gasteiger partial charge is 0.497 e. The third-order valence-electron chi connectivity index (χ3n) is 4.38. The van der Waals surface area contributed by atoms with Crippen molar-refractivity contribution in [1.29, 1.82) is 0 Å². The SMILES string of the molecule is CC[C@@]12COC(C(OC)O1)[C@H]2OCc1ccc(OC)cc1. The van der Waals surface area contributed by atoms with Gasteiger partial charge in [0, 0.05) is 7.11 Å². The van der Waals surface area contributed by atoms with Crippen LogP contribution in [0.4, 0.5) is 0 Å². The fourth-order valence-corrected chi connectivity index (χ4v) is 3.05. The first-order chi connectivity index (χ1) is 10.2. The van der Waals surface area contributed by atoms with Crippen molar-refractivity contribution in [3.8, 4) is 5.75 Å². The van der Waals surface area contributed by atoms with E-state index in [1.54, 1.807) is 14.2 Å². The molecular formula is C16H22O5. The highest BCUT2D eigenvalue weighted by atomic mass is 16.8. The maximum absolute atomic E-state index is 6.11. The highest BCUT2D eigenvalue weighted by molar-refractivity contribution is 5.26. The van der Waals surface area contributed by atoms with Crippen molar-refractivity contribution in [2.75, 3.05) is 20.8 Å². The van der Waals surface area contributed by atoms with Crippen LogP contribution in [-0.4, -0.2) is 44.9 Å². The second kappa shape index (κ2) is 5.93. The van der Waals surface area contributed by atoms with Gasteiger partial charge < -0.3 is 23.7 Å². The molecule has 1 aromatic rings. The molecule has 2 fully saturated rings. The molecule has 2 heterocycles. The van der Waals surface area contributed by atoms with Crippen LogP contribution >= 0.6 is 0 Å². The molecule has 2 aliphatic rings. The van der Waals surface area contributed by atoms with Crippen molar-refractivity contribution in [3.05, 3.63) is 29.8 Å². The summed E-state index contributed by atoms with van der Waals surface area (Å²) in [5.74, 6) is 0.843. The van der Waals surface area contributed by atoms with E-state index in [1.807, 2.05) is 24.3 Å². The van der Waals surface area contributed by atoms with Crippen molar-refractivity contribution in [2.45, 2.75) is 44.1 Å². The van der Waals surface area contributed by atoms with Crippen molar-refractivity contribution in [3.63, 3.8) is 0 Å². The summed E-state index contributed by atoms with van der Waals surface area (Å²) in [5.41, 5.74) is 0.722. The van der Waals surface area contributed by atoms with Gasteiger partial charge in [0.05, 0.1) is 20.3 Å². The van der Waals surface area contributed by atoms with Gasteiger partial charge in [-0.2, -0.15) is 0 Å². The van der Waals surface area contributed by atoms with Gasteiger partial charge in [0.15, 0.2) is 6.29 Å². The molecule has 0 radical (unpaired) electrons. The van der Waals surface area contributed by atoms with Crippen LogP contribution in [0, 0.1) is 0 Å². The normalized spacial score (nSPS) is 34.3. The zero-order valence-electron chi connectivity index (χ0n) is 12.7. The Balaban J connectivity index is 1.66. The van der Waals surface area contributed by atoms with Crippen LogP contribution in [0.3, 0.4) is 0 Å². The predicted octanol–water partition coefficient (Wildman–Crippen LogP) is 2.13. The minimum atomic E-state index is -0.377. The lowest BCUT2D eigenvalue weighted by atomic mass is 9.96. The van der Waals surface area contributed by atoms with Crippen LogP contribution in [0.2, 0.25) is 0 Å². The Labute approximate surface area is 125 Å². The minimum absolute atomic E-state index is 0.0884. The monoisotopic (exact) mass is 294 g/mol. The Kier molecular flexibility index (Phi) is 4.17. The van der Waals surface area contributed by atoms with Crippen molar-refractivity contribution in [2.24, 2.45) is 0 Å². The van der Waals surface area contributed by atoms with Gasteiger partial charge in [-0.15, -0.1) is 0 Å². The van der Waals surface area contributed by atoms with Crippen LogP contribution in [-0.2, 0) is 25.6 Å². The summed E-state index contributed by atoms with van der Waals surface area (Å²) in [7, 11) is 3.30. The first kappa shape index (κ1) is 14.8. The molecule has 116 valence electrons. The predicted molar refractivity (Wildman–Crippen MR) is 76.2 cm³/mol. The number of ether oxygens (including phenoxy) is 5. The van der Waals surface area contributed by atoms with Crippen LogP contribution in [0.5, 0.6) is 5.75 Å². The van der Waals surface area contributed by atoms with Crippen molar-refractivity contribution < 1.29 is 23.7 Å². The molecule has 2 bridgehead atoms. The van der Waals surface area contributed by atoms with E-state index in [4.69, 9.17) is 23.7 Å². The molecule has 3 rings (SSSR count). The molecule has 0 aromatic heterocycles. The van der Waals surface area contributed by atoms with Crippen LogP contribution in [0.1, 0.15) is 18.9 Å². The van der Waals surface area contributed by atoms with E-state index >= 15 is 0 Å². The Hall–Kier alpha value is -1.14. The van der Waals surface area contributed by atoms with Gasteiger partial charge in [-0.05, 0) is 24.1 Å². The van der Waals surface area contributed by atoms with Gasteiger partial charge in [-0.3, -0.25) is 0 Å². The molecule has 21 heavy (non-hydrogen) atoms. The Morgan fingerprint density at radius 1 is 1.24 bits per heavy atom. The van der Waals surface area contributed by atoms with E-state index in [0.717, 1.165) is 17.7 Å². The second-order valence-corrected chi connectivity index (χ2v) is 5.50. The third kappa shape index (κ3) is 2.55. The van der Waals surface area contributed by atoms with Gasteiger partial charge in [-0.25, -0.2) is 0 Å². The number of benzene rings is 1. The molecule has 4 atom stereocenters. The van der Waals surface area contributed by atoms with Crippen molar-refractivity contribution in [1.82, 2.24) is 0 Å². The fourth-order valence-electron chi connectivity index (χ4n) is 3.05. The zero-order chi connectivity index (χ0) is 14.9. The maximum atomic E-state index is 6.11. The average Bonchev–Trinajstić information content (AvgIpc) is 3.05. The number of fused-ring (bicyclic) bond motifs is 2. The highest BCUT2D eigenvalue weighted by Crippen LogP contribution is 2.44. The van der Waals surface area contributed by atoms with E-state index in [-0.39, 0.29) is 24.1 Å². The zero-order valence-corrected chi connectivity index (χ0v) is 12.7. The quantitative estimate of drug-likeness (QED) is 0.804. The molecule has 2 saturated heterocycles. The van der Waals surface area contributed by atoms with Crippen molar-refractivity contribution >= 4 is 0 Å². The minimum Gasteiger partial charge on any atom is -0.497 e. The molecule has 0 aliphatic carbocycles. The Morgan fingerprint density at radius 2 is 2.00 bits per heavy atom. The summed E-state index contributed by atoms with van der Waals surface area (Å²) >= 11 is 0. The van der Waals surface area contributed by atoms with Gasteiger partial charge in [-0.1, -0.05) is 19.1 Å². The average molecular weight is 294 g/mol. The molecule has 5 heteroatoms. The van der Waals surface area contributed by atoms with E-state index in [2.05, 4.69) is 6.92 Å². The van der Waals surface area contributed by atoms with Crippen LogP contribution in [0.15, 0.2) is 24.3 Å². The number of rotatable bonds is 6. The number of hydrogen-bond acceptors (Lipinski definition) is 5. The van der Waals surface area contributed by atoms with Crippen LogP contribution in [0.25, 0.3) is 0 Å². The van der Waals surface area contributed by atoms with E-state index in [9.17, 15) is 0 Å².